The Morgan fingerprint density at radius 2 is 1.71 bits per heavy atom. The van der Waals surface area contributed by atoms with Gasteiger partial charge < -0.3 is 10.6 Å². The van der Waals surface area contributed by atoms with Crippen molar-refractivity contribution in [3.05, 3.63) is 35.9 Å². The van der Waals surface area contributed by atoms with E-state index in [9.17, 15) is 9.59 Å². The topological polar surface area (TPSA) is 63.4 Å². The van der Waals surface area contributed by atoms with Crippen molar-refractivity contribution >= 4 is 11.7 Å². The summed E-state index contributed by atoms with van der Waals surface area (Å²) in [5.41, 5.74) is 6.56. The van der Waals surface area contributed by atoms with Crippen LogP contribution in [0.3, 0.4) is 0 Å². The van der Waals surface area contributed by atoms with Crippen LogP contribution in [0.25, 0.3) is 0 Å². The highest BCUT2D eigenvalue weighted by atomic mass is 16.2. The molecule has 0 spiro atoms. The maximum absolute atomic E-state index is 12.4. The molecule has 0 aromatic heterocycles. The van der Waals surface area contributed by atoms with Crippen molar-refractivity contribution in [1.82, 2.24) is 4.90 Å². The van der Waals surface area contributed by atoms with Gasteiger partial charge in [0.25, 0.3) is 0 Å². The Labute approximate surface area is 126 Å². The van der Waals surface area contributed by atoms with Crippen molar-refractivity contribution in [2.75, 3.05) is 13.1 Å². The average molecular weight is 288 g/mol. The van der Waals surface area contributed by atoms with Crippen LogP contribution in [-0.4, -0.2) is 35.7 Å². The minimum Gasteiger partial charge on any atom is -0.342 e. The predicted molar refractivity (Wildman–Crippen MR) is 82.9 cm³/mol. The molecule has 1 aliphatic rings. The summed E-state index contributed by atoms with van der Waals surface area (Å²) in [6.07, 6.45) is 1.48. The number of nitrogens with zero attached hydrogens (tertiary/aromatic N) is 1. The molecule has 0 radical (unpaired) electrons. The highest BCUT2D eigenvalue weighted by Crippen LogP contribution is 2.23. The molecule has 2 rings (SSSR count). The largest absolute Gasteiger partial charge is 0.342 e. The molecule has 0 aliphatic carbocycles. The second kappa shape index (κ2) is 6.85. The lowest BCUT2D eigenvalue weighted by molar-refractivity contribution is -0.136. The Morgan fingerprint density at radius 1 is 1.14 bits per heavy atom. The normalized spacial score (nSPS) is 19.1. The molecule has 1 aliphatic heterocycles. The van der Waals surface area contributed by atoms with E-state index < -0.39 is 0 Å². The molecule has 4 heteroatoms. The molecule has 2 N–H and O–H groups in total. The Hall–Kier alpha value is -1.68. The number of carbonyl (C=O) groups excluding carboxylic acids is 2. The Balaban J connectivity index is 1.92. The summed E-state index contributed by atoms with van der Waals surface area (Å²) in [6, 6.07) is 9.26. The number of rotatable bonds is 4. The van der Waals surface area contributed by atoms with Gasteiger partial charge >= 0.3 is 0 Å². The fourth-order valence-corrected chi connectivity index (χ4v) is 2.71. The zero-order valence-electron chi connectivity index (χ0n) is 12.8. The summed E-state index contributed by atoms with van der Waals surface area (Å²) in [5.74, 6) is 0.173. The molecule has 1 aromatic carbocycles. The van der Waals surface area contributed by atoms with Crippen LogP contribution in [0.1, 0.15) is 37.0 Å². The fourth-order valence-electron chi connectivity index (χ4n) is 2.71. The Kier molecular flexibility index (Phi) is 5.12. The molecule has 1 aromatic rings. The van der Waals surface area contributed by atoms with Gasteiger partial charge in [0.05, 0.1) is 5.92 Å². The van der Waals surface area contributed by atoms with Crippen LogP contribution in [0.5, 0.6) is 0 Å². The molecule has 1 heterocycles. The van der Waals surface area contributed by atoms with Gasteiger partial charge in [0.2, 0.25) is 5.91 Å². The van der Waals surface area contributed by atoms with Gasteiger partial charge in [-0.2, -0.15) is 0 Å². The maximum Gasteiger partial charge on any atom is 0.226 e. The van der Waals surface area contributed by atoms with E-state index in [4.69, 9.17) is 5.73 Å². The quantitative estimate of drug-likeness (QED) is 0.863. The van der Waals surface area contributed by atoms with Gasteiger partial charge in [-0.1, -0.05) is 37.3 Å². The lowest BCUT2D eigenvalue weighted by Crippen LogP contribution is -2.46. The zero-order chi connectivity index (χ0) is 15.4. The second-order valence-electron chi connectivity index (χ2n) is 5.98. The fraction of sp³-hybridized carbons (Fsp3) is 0.529. The molecule has 0 bridgehead atoms. The molecule has 2 atom stereocenters. The van der Waals surface area contributed by atoms with Crippen LogP contribution in [0.15, 0.2) is 30.3 Å². The molecule has 2 unspecified atom stereocenters. The van der Waals surface area contributed by atoms with Crippen LogP contribution in [0.4, 0.5) is 0 Å². The monoisotopic (exact) mass is 288 g/mol. The molecule has 0 saturated carbocycles. The van der Waals surface area contributed by atoms with Crippen LogP contribution < -0.4 is 5.73 Å². The molecule has 4 nitrogen and oxygen atoms in total. The van der Waals surface area contributed by atoms with Crippen molar-refractivity contribution in [3.63, 3.8) is 0 Å². The number of carbonyl (C=O) groups is 2. The first-order valence-corrected chi connectivity index (χ1v) is 7.64. The van der Waals surface area contributed by atoms with Crippen molar-refractivity contribution in [1.29, 1.82) is 0 Å². The Morgan fingerprint density at radius 3 is 2.24 bits per heavy atom. The minimum absolute atomic E-state index is 0.0297. The molecular formula is C17H24N2O2. The number of hydrogen-bond donors (Lipinski definition) is 1. The summed E-state index contributed by atoms with van der Waals surface area (Å²) in [4.78, 5) is 26.5. The highest BCUT2D eigenvalue weighted by molar-refractivity contribution is 5.98. The van der Waals surface area contributed by atoms with E-state index in [1.165, 1.54) is 0 Å². The number of Topliss-reactive ketones (excluding diaryl/α,β-unsaturated/α-hetero) is 1. The van der Waals surface area contributed by atoms with Gasteiger partial charge in [-0.05, 0) is 19.8 Å². The SMILES string of the molecule is CC(N)C(C)C(=O)N1CCC(C(=O)c2ccccc2)CC1. The summed E-state index contributed by atoms with van der Waals surface area (Å²) in [7, 11) is 0. The number of hydrogen-bond acceptors (Lipinski definition) is 3. The second-order valence-corrected chi connectivity index (χ2v) is 5.98. The molecule has 21 heavy (non-hydrogen) atoms. The van der Waals surface area contributed by atoms with Gasteiger partial charge in [-0.25, -0.2) is 0 Å². The number of likely N-dealkylation sites (tertiary alicyclic amines) is 1. The summed E-state index contributed by atoms with van der Waals surface area (Å²) >= 11 is 0. The number of piperidine rings is 1. The molecule has 114 valence electrons. The minimum atomic E-state index is -0.161. The van der Waals surface area contributed by atoms with E-state index in [1.807, 2.05) is 49.1 Å². The standard InChI is InChI=1S/C17H24N2O2/c1-12(13(2)18)17(21)19-10-8-15(9-11-19)16(20)14-6-4-3-5-7-14/h3-7,12-13,15H,8-11,18H2,1-2H3. The van der Waals surface area contributed by atoms with Gasteiger partial charge in [-0.15, -0.1) is 0 Å². The number of ketones is 1. The third-order valence-electron chi connectivity index (χ3n) is 4.41. The van der Waals surface area contributed by atoms with Crippen molar-refractivity contribution in [2.45, 2.75) is 32.7 Å². The third kappa shape index (κ3) is 3.70. The van der Waals surface area contributed by atoms with E-state index in [-0.39, 0.29) is 29.6 Å². The van der Waals surface area contributed by atoms with E-state index in [0.29, 0.717) is 13.1 Å². The molecule has 1 saturated heterocycles. The van der Waals surface area contributed by atoms with E-state index >= 15 is 0 Å². The van der Waals surface area contributed by atoms with Gasteiger partial charge in [-0.3, -0.25) is 9.59 Å². The molecular weight excluding hydrogens is 264 g/mol. The van der Waals surface area contributed by atoms with Crippen LogP contribution in [0, 0.1) is 11.8 Å². The van der Waals surface area contributed by atoms with Crippen molar-refractivity contribution in [3.8, 4) is 0 Å². The third-order valence-corrected chi connectivity index (χ3v) is 4.41. The van der Waals surface area contributed by atoms with Gasteiger partial charge in [0, 0.05) is 30.6 Å². The van der Waals surface area contributed by atoms with Crippen LogP contribution in [-0.2, 0) is 4.79 Å². The predicted octanol–water partition coefficient (Wildman–Crippen LogP) is 2.09. The van der Waals surface area contributed by atoms with Gasteiger partial charge in [0.15, 0.2) is 5.78 Å². The first-order valence-electron chi connectivity index (χ1n) is 7.64. The lowest BCUT2D eigenvalue weighted by Gasteiger charge is -2.33. The average Bonchev–Trinajstić information content (AvgIpc) is 2.53. The van der Waals surface area contributed by atoms with E-state index in [1.54, 1.807) is 0 Å². The number of nitrogens with two attached hydrogens (primary N) is 1. The zero-order valence-corrected chi connectivity index (χ0v) is 12.8. The summed E-state index contributed by atoms with van der Waals surface area (Å²) in [5, 5.41) is 0. The maximum atomic E-state index is 12.4. The lowest BCUT2D eigenvalue weighted by atomic mass is 9.88. The number of amides is 1. The smallest absolute Gasteiger partial charge is 0.226 e. The van der Waals surface area contributed by atoms with E-state index in [2.05, 4.69) is 0 Å². The summed E-state index contributed by atoms with van der Waals surface area (Å²) < 4.78 is 0. The first-order chi connectivity index (χ1) is 10.0. The summed E-state index contributed by atoms with van der Waals surface area (Å²) in [6.45, 7) is 5.03. The van der Waals surface area contributed by atoms with Gasteiger partial charge in [0.1, 0.15) is 0 Å². The van der Waals surface area contributed by atoms with E-state index in [0.717, 1.165) is 18.4 Å². The van der Waals surface area contributed by atoms with Crippen molar-refractivity contribution in [2.24, 2.45) is 17.6 Å². The van der Waals surface area contributed by atoms with Crippen molar-refractivity contribution < 1.29 is 9.59 Å². The Bertz CT molecular complexity index is 491. The number of benzene rings is 1. The van der Waals surface area contributed by atoms with Crippen LogP contribution in [0.2, 0.25) is 0 Å². The highest BCUT2D eigenvalue weighted by Gasteiger charge is 2.30. The molecule has 1 amide bonds. The first kappa shape index (κ1) is 15.7. The molecule has 1 fully saturated rings. The van der Waals surface area contributed by atoms with Crippen LogP contribution >= 0.6 is 0 Å².